The Bertz CT molecular complexity index is 609. The van der Waals surface area contributed by atoms with Crippen LogP contribution in [-0.4, -0.2) is 24.4 Å². The van der Waals surface area contributed by atoms with Crippen molar-refractivity contribution in [3.63, 3.8) is 0 Å². The number of rotatable bonds is 5. The SMILES string of the molecule is CCN(CC)c1ccccc1-c1ccnc(Cl)c1C=O. The van der Waals surface area contributed by atoms with Gasteiger partial charge in [0.25, 0.3) is 0 Å². The summed E-state index contributed by atoms with van der Waals surface area (Å²) in [4.78, 5) is 17.5. The molecule has 0 N–H and O–H groups in total. The molecule has 0 saturated heterocycles. The second-order valence-electron chi connectivity index (χ2n) is 4.37. The lowest BCUT2D eigenvalue weighted by Crippen LogP contribution is -2.22. The highest BCUT2D eigenvalue weighted by Gasteiger charge is 2.14. The molecule has 4 heteroatoms. The number of anilines is 1. The summed E-state index contributed by atoms with van der Waals surface area (Å²) in [5.74, 6) is 0. The zero-order valence-electron chi connectivity index (χ0n) is 11.6. The second kappa shape index (κ2) is 6.53. The zero-order valence-corrected chi connectivity index (χ0v) is 12.4. The number of aromatic nitrogens is 1. The van der Waals surface area contributed by atoms with E-state index in [1.807, 2.05) is 24.3 Å². The second-order valence-corrected chi connectivity index (χ2v) is 4.73. The lowest BCUT2D eigenvalue weighted by molar-refractivity contribution is 0.112. The molecular weight excluding hydrogens is 272 g/mol. The lowest BCUT2D eigenvalue weighted by Gasteiger charge is -2.24. The fourth-order valence-electron chi connectivity index (χ4n) is 2.34. The fraction of sp³-hybridized carbons (Fsp3) is 0.250. The number of benzene rings is 1. The van der Waals surface area contributed by atoms with Crippen molar-refractivity contribution in [3.05, 3.63) is 47.2 Å². The third-order valence-corrected chi connectivity index (χ3v) is 3.66. The first-order valence-electron chi connectivity index (χ1n) is 6.66. The Kier molecular flexibility index (Phi) is 4.74. The van der Waals surface area contributed by atoms with Crippen LogP contribution in [0.4, 0.5) is 5.69 Å². The van der Waals surface area contributed by atoms with Gasteiger partial charge in [0, 0.05) is 30.5 Å². The lowest BCUT2D eigenvalue weighted by atomic mass is 10.00. The number of carbonyl (C=O) groups excluding carboxylic acids is 1. The summed E-state index contributed by atoms with van der Waals surface area (Å²) in [7, 11) is 0. The van der Waals surface area contributed by atoms with E-state index < -0.39 is 0 Å². The van der Waals surface area contributed by atoms with Gasteiger partial charge < -0.3 is 4.90 Å². The van der Waals surface area contributed by atoms with Gasteiger partial charge in [0.1, 0.15) is 5.15 Å². The summed E-state index contributed by atoms with van der Waals surface area (Å²) in [6, 6.07) is 9.86. The quantitative estimate of drug-likeness (QED) is 0.614. The number of aldehydes is 1. The Morgan fingerprint density at radius 1 is 1.15 bits per heavy atom. The molecule has 0 bridgehead atoms. The first kappa shape index (κ1) is 14.5. The monoisotopic (exact) mass is 288 g/mol. The van der Waals surface area contributed by atoms with Gasteiger partial charge in [-0.1, -0.05) is 29.8 Å². The van der Waals surface area contributed by atoms with Gasteiger partial charge in [-0.25, -0.2) is 4.98 Å². The number of halogens is 1. The molecule has 0 aliphatic rings. The number of nitrogens with zero attached hydrogens (tertiary/aromatic N) is 2. The van der Waals surface area contributed by atoms with Crippen LogP contribution >= 0.6 is 11.6 Å². The Balaban J connectivity index is 2.65. The Morgan fingerprint density at radius 2 is 1.85 bits per heavy atom. The molecule has 0 aliphatic heterocycles. The minimum absolute atomic E-state index is 0.242. The maximum Gasteiger partial charge on any atom is 0.153 e. The highest BCUT2D eigenvalue weighted by molar-refractivity contribution is 6.32. The molecule has 0 unspecified atom stereocenters. The van der Waals surface area contributed by atoms with Crippen molar-refractivity contribution >= 4 is 23.6 Å². The van der Waals surface area contributed by atoms with E-state index in [1.54, 1.807) is 6.20 Å². The van der Waals surface area contributed by atoms with E-state index in [-0.39, 0.29) is 5.15 Å². The van der Waals surface area contributed by atoms with E-state index in [1.165, 1.54) is 0 Å². The van der Waals surface area contributed by atoms with E-state index in [0.29, 0.717) is 5.56 Å². The van der Waals surface area contributed by atoms with E-state index in [9.17, 15) is 4.79 Å². The van der Waals surface area contributed by atoms with Crippen LogP contribution in [0.3, 0.4) is 0 Å². The van der Waals surface area contributed by atoms with Gasteiger partial charge in [-0.15, -0.1) is 0 Å². The average Bonchev–Trinajstić information content (AvgIpc) is 2.49. The molecule has 0 fully saturated rings. The number of hydrogen-bond donors (Lipinski definition) is 0. The third-order valence-electron chi connectivity index (χ3n) is 3.36. The van der Waals surface area contributed by atoms with Gasteiger partial charge in [-0.05, 0) is 31.5 Å². The zero-order chi connectivity index (χ0) is 14.5. The molecule has 1 aromatic carbocycles. The molecule has 0 atom stereocenters. The number of para-hydroxylation sites is 1. The van der Waals surface area contributed by atoms with E-state index in [2.05, 4.69) is 29.8 Å². The molecule has 3 nitrogen and oxygen atoms in total. The highest BCUT2D eigenvalue weighted by atomic mass is 35.5. The Hall–Kier alpha value is -1.87. The van der Waals surface area contributed by atoms with Crippen LogP contribution in [0.5, 0.6) is 0 Å². The summed E-state index contributed by atoms with van der Waals surface area (Å²) in [5, 5.41) is 0.242. The van der Waals surface area contributed by atoms with Crippen LogP contribution in [0.1, 0.15) is 24.2 Å². The summed E-state index contributed by atoms with van der Waals surface area (Å²) >= 11 is 6.02. The van der Waals surface area contributed by atoms with Crippen LogP contribution in [0.25, 0.3) is 11.1 Å². The van der Waals surface area contributed by atoms with Crippen molar-refractivity contribution < 1.29 is 4.79 Å². The van der Waals surface area contributed by atoms with Crippen LogP contribution < -0.4 is 4.90 Å². The van der Waals surface area contributed by atoms with Crippen LogP contribution in [0.15, 0.2) is 36.5 Å². The van der Waals surface area contributed by atoms with Crippen molar-refractivity contribution in [2.24, 2.45) is 0 Å². The molecule has 20 heavy (non-hydrogen) atoms. The van der Waals surface area contributed by atoms with Crippen LogP contribution in [0, 0.1) is 0 Å². The van der Waals surface area contributed by atoms with E-state index >= 15 is 0 Å². The summed E-state index contributed by atoms with van der Waals surface area (Å²) in [5.41, 5.74) is 3.36. The molecular formula is C16H17ClN2O. The van der Waals surface area contributed by atoms with E-state index in [0.717, 1.165) is 36.2 Å². The molecule has 1 heterocycles. The van der Waals surface area contributed by atoms with Crippen molar-refractivity contribution in [1.82, 2.24) is 4.98 Å². The summed E-state index contributed by atoms with van der Waals surface area (Å²) in [6.45, 7) is 6.03. The fourth-order valence-corrected chi connectivity index (χ4v) is 2.54. The standard InChI is InChI=1S/C16H17ClN2O/c1-3-19(4-2)15-8-6-5-7-13(15)12-9-10-18-16(17)14(12)11-20/h5-11H,3-4H2,1-2H3. The van der Waals surface area contributed by atoms with Crippen LogP contribution in [-0.2, 0) is 0 Å². The first-order chi connectivity index (χ1) is 9.72. The Labute approximate surface area is 124 Å². The highest BCUT2D eigenvalue weighted by Crippen LogP contribution is 2.34. The molecule has 0 aliphatic carbocycles. The number of pyridine rings is 1. The maximum absolute atomic E-state index is 11.3. The predicted molar refractivity (Wildman–Crippen MR) is 83.6 cm³/mol. The van der Waals surface area contributed by atoms with Gasteiger partial charge in [0.2, 0.25) is 0 Å². The summed E-state index contributed by atoms with van der Waals surface area (Å²) < 4.78 is 0. The molecule has 104 valence electrons. The van der Waals surface area contributed by atoms with E-state index in [4.69, 9.17) is 11.6 Å². The largest absolute Gasteiger partial charge is 0.372 e. The molecule has 0 amide bonds. The summed E-state index contributed by atoms with van der Waals surface area (Å²) in [6.07, 6.45) is 2.40. The number of hydrogen-bond acceptors (Lipinski definition) is 3. The normalized spacial score (nSPS) is 10.3. The van der Waals surface area contributed by atoms with Gasteiger partial charge in [0.15, 0.2) is 6.29 Å². The van der Waals surface area contributed by atoms with Crippen molar-refractivity contribution in [3.8, 4) is 11.1 Å². The molecule has 1 aromatic heterocycles. The minimum Gasteiger partial charge on any atom is -0.372 e. The minimum atomic E-state index is 0.242. The van der Waals surface area contributed by atoms with Gasteiger partial charge in [-0.3, -0.25) is 4.79 Å². The van der Waals surface area contributed by atoms with Crippen molar-refractivity contribution in [1.29, 1.82) is 0 Å². The Morgan fingerprint density at radius 3 is 2.50 bits per heavy atom. The van der Waals surface area contributed by atoms with Gasteiger partial charge in [0.05, 0.1) is 5.56 Å². The van der Waals surface area contributed by atoms with Gasteiger partial charge in [-0.2, -0.15) is 0 Å². The third kappa shape index (κ3) is 2.68. The van der Waals surface area contributed by atoms with Crippen LogP contribution in [0.2, 0.25) is 5.15 Å². The molecule has 2 rings (SSSR count). The van der Waals surface area contributed by atoms with Crippen molar-refractivity contribution in [2.75, 3.05) is 18.0 Å². The van der Waals surface area contributed by atoms with Crippen molar-refractivity contribution in [2.45, 2.75) is 13.8 Å². The molecule has 2 aromatic rings. The molecule has 0 spiro atoms. The maximum atomic E-state index is 11.3. The topological polar surface area (TPSA) is 33.2 Å². The van der Waals surface area contributed by atoms with Gasteiger partial charge >= 0.3 is 0 Å². The predicted octanol–water partition coefficient (Wildman–Crippen LogP) is 4.06. The number of carbonyl (C=O) groups is 1. The smallest absolute Gasteiger partial charge is 0.153 e. The average molecular weight is 289 g/mol. The molecule has 0 radical (unpaired) electrons. The first-order valence-corrected chi connectivity index (χ1v) is 7.04. The molecule has 0 saturated carbocycles.